The molecule has 0 atom stereocenters. The normalized spacial score (nSPS) is 14.1. The largest absolute Gasteiger partial charge is 0.489 e. The Morgan fingerprint density at radius 3 is 2.72 bits per heavy atom. The molecule has 1 saturated heterocycles. The van der Waals surface area contributed by atoms with Gasteiger partial charge in [0.15, 0.2) is 0 Å². The zero-order valence-electron chi connectivity index (χ0n) is 15.4. The summed E-state index contributed by atoms with van der Waals surface area (Å²) in [4.78, 5) is 18.7. The Bertz CT molecular complexity index is 1020. The van der Waals surface area contributed by atoms with Gasteiger partial charge in [0.25, 0.3) is 5.91 Å². The highest BCUT2D eigenvalue weighted by Gasteiger charge is 2.21. The van der Waals surface area contributed by atoms with Crippen molar-refractivity contribution in [2.45, 2.75) is 6.61 Å². The van der Waals surface area contributed by atoms with E-state index in [2.05, 4.69) is 4.98 Å². The molecule has 150 valence electrons. The molecular formula is C21H18F2N2O2S2. The smallest absolute Gasteiger partial charge is 0.273 e. The van der Waals surface area contributed by atoms with Gasteiger partial charge in [0, 0.05) is 41.6 Å². The minimum absolute atomic E-state index is 0.108. The van der Waals surface area contributed by atoms with Gasteiger partial charge in [0.1, 0.15) is 34.7 Å². The lowest BCUT2D eigenvalue weighted by molar-refractivity contribution is 0.0767. The third-order valence-corrected chi connectivity index (χ3v) is 6.31. The molecule has 1 aliphatic heterocycles. The maximum Gasteiger partial charge on any atom is 0.273 e. The van der Waals surface area contributed by atoms with Crippen molar-refractivity contribution < 1.29 is 18.3 Å². The second-order valence-corrected chi connectivity index (χ2v) is 8.59. The highest BCUT2D eigenvalue weighted by molar-refractivity contribution is 7.99. The first kappa shape index (κ1) is 19.8. The zero-order chi connectivity index (χ0) is 20.2. The first-order valence-corrected chi connectivity index (χ1v) is 11.1. The summed E-state index contributed by atoms with van der Waals surface area (Å²) in [5.41, 5.74) is 1.33. The molecule has 29 heavy (non-hydrogen) atoms. The van der Waals surface area contributed by atoms with Crippen LogP contribution in [0.4, 0.5) is 8.78 Å². The zero-order valence-corrected chi connectivity index (χ0v) is 17.1. The van der Waals surface area contributed by atoms with Crippen LogP contribution < -0.4 is 4.74 Å². The van der Waals surface area contributed by atoms with Gasteiger partial charge in [-0.05, 0) is 29.8 Å². The predicted molar refractivity (Wildman–Crippen MR) is 111 cm³/mol. The van der Waals surface area contributed by atoms with E-state index in [1.54, 1.807) is 34.5 Å². The van der Waals surface area contributed by atoms with Crippen LogP contribution in [0, 0.1) is 11.6 Å². The molecule has 2 aromatic carbocycles. The molecule has 1 fully saturated rings. The Balaban J connectivity index is 1.45. The number of hydrogen-bond donors (Lipinski definition) is 0. The van der Waals surface area contributed by atoms with E-state index in [1.165, 1.54) is 29.5 Å². The van der Waals surface area contributed by atoms with Gasteiger partial charge in [0.05, 0.1) is 0 Å². The number of benzene rings is 2. The molecule has 0 aliphatic carbocycles. The Hall–Kier alpha value is -2.45. The van der Waals surface area contributed by atoms with Gasteiger partial charge in [-0.1, -0.05) is 12.1 Å². The summed E-state index contributed by atoms with van der Waals surface area (Å²) in [7, 11) is 0. The molecule has 1 amide bonds. The lowest BCUT2D eigenvalue weighted by atomic mass is 10.2. The number of nitrogens with zero attached hydrogens (tertiary/aromatic N) is 2. The van der Waals surface area contributed by atoms with Crippen molar-refractivity contribution >= 4 is 29.0 Å². The van der Waals surface area contributed by atoms with Crippen LogP contribution in [0.25, 0.3) is 10.6 Å². The molecule has 0 saturated carbocycles. The van der Waals surface area contributed by atoms with Crippen LogP contribution in [0.3, 0.4) is 0 Å². The summed E-state index contributed by atoms with van der Waals surface area (Å²) >= 11 is 3.07. The van der Waals surface area contributed by atoms with Gasteiger partial charge in [-0.25, -0.2) is 13.8 Å². The fourth-order valence-corrected chi connectivity index (χ4v) is 4.70. The molecule has 4 nitrogen and oxygen atoms in total. The summed E-state index contributed by atoms with van der Waals surface area (Å²) in [6.45, 7) is 1.56. The van der Waals surface area contributed by atoms with E-state index < -0.39 is 5.82 Å². The minimum Gasteiger partial charge on any atom is -0.489 e. The summed E-state index contributed by atoms with van der Waals surface area (Å²) in [6, 6.07) is 10.6. The molecule has 0 radical (unpaired) electrons. The van der Waals surface area contributed by atoms with Crippen LogP contribution in [0.5, 0.6) is 5.75 Å². The number of carbonyl (C=O) groups excluding carboxylic acids is 1. The highest BCUT2D eigenvalue weighted by atomic mass is 32.2. The van der Waals surface area contributed by atoms with E-state index in [-0.39, 0.29) is 18.3 Å². The van der Waals surface area contributed by atoms with Crippen molar-refractivity contribution in [1.82, 2.24) is 9.88 Å². The standard InChI is InChI=1S/C21H18F2N2O2S2/c22-15-3-1-2-14(10-15)12-27-16-4-5-17(18(23)11-16)20-24-19(13-29-20)21(26)25-6-8-28-9-7-25/h1-5,10-11,13H,6-9,12H2. The second-order valence-electron chi connectivity index (χ2n) is 6.50. The number of halogens is 2. The lowest BCUT2D eigenvalue weighted by Gasteiger charge is -2.25. The number of ether oxygens (including phenoxy) is 1. The number of aromatic nitrogens is 1. The van der Waals surface area contributed by atoms with Crippen molar-refractivity contribution in [1.29, 1.82) is 0 Å². The van der Waals surface area contributed by atoms with Gasteiger partial charge in [-0.3, -0.25) is 4.79 Å². The van der Waals surface area contributed by atoms with E-state index >= 15 is 0 Å². The van der Waals surface area contributed by atoms with Crippen LogP contribution in [-0.2, 0) is 6.61 Å². The second kappa shape index (κ2) is 8.92. The van der Waals surface area contributed by atoms with Crippen LogP contribution in [0.2, 0.25) is 0 Å². The summed E-state index contributed by atoms with van der Waals surface area (Å²) < 4.78 is 33.4. The Morgan fingerprint density at radius 1 is 1.14 bits per heavy atom. The number of thiazole rings is 1. The molecule has 8 heteroatoms. The molecule has 0 unspecified atom stereocenters. The van der Waals surface area contributed by atoms with Crippen molar-refractivity contribution in [3.63, 3.8) is 0 Å². The predicted octanol–water partition coefficient (Wildman–Crippen LogP) is 4.86. The average molecular weight is 433 g/mol. The van der Waals surface area contributed by atoms with Crippen LogP contribution in [-0.4, -0.2) is 40.4 Å². The molecule has 1 aromatic heterocycles. The summed E-state index contributed by atoms with van der Waals surface area (Å²) in [5, 5.41) is 2.13. The van der Waals surface area contributed by atoms with Crippen LogP contribution >= 0.6 is 23.1 Å². The topological polar surface area (TPSA) is 42.4 Å². The molecular weight excluding hydrogens is 414 g/mol. The van der Waals surface area contributed by atoms with Crippen LogP contribution in [0.15, 0.2) is 47.8 Å². The SMILES string of the molecule is O=C(c1csc(-c2ccc(OCc3cccc(F)c3)cc2F)n1)N1CCSCC1. The van der Waals surface area contributed by atoms with E-state index in [0.717, 1.165) is 11.5 Å². The minimum atomic E-state index is -0.482. The van der Waals surface area contributed by atoms with Gasteiger partial charge < -0.3 is 9.64 Å². The number of carbonyl (C=O) groups is 1. The third kappa shape index (κ3) is 4.76. The van der Waals surface area contributed by atoms with Gasteiger partial charge >= 0.3 is 0 Å². The molecule has 0 spiro atoms. The average Bonchev–Trinajstić information content (AvgIpc) is 3.22. The monoisotopic (exact) mass is 432 g/mol. The number of thioether (sulfide) groups is 1. The molecule has 1 aliphatic rings. The fourth-order valence-electron chi connectivity index (χ4n) is 2.98. The molecule has 0 N–H and O–H groups in total. The molecule has 4 rings (SSSR count). The van der Waals surface area contributed by atoms with Gasteiger partial charge in [-0.2, -0.15) is 11.8 Å². The van der Waals surface area contributed by atoms with Crippen molar-refractivity contribution in [3.05, 3.63) is 70.7 Å². The Labute approximate surface area is 175 Å². The quantitative estimate of drug-likeness (QED) is 0.578. The van der Waals surface area contributed by atoms with Gasteiger partial charge in [-0.15, -0.1) is 11.3 Å². The third-order valence-electron chi connectivity index (χ3n) is 4.49. The highest BCUT2D eigenvalue weighted by Crippen LogP contribution is 2.30. The van der Waals surface area contributed by atoms with Crippen molar-refractivity contribution in [3.8, 4) is 16.3 Å². The molecule has 3 aromatic rings. The van der Waals surface area contributed by atoms with E-state index in [9.17, 15) is 13.6 Å². The lowest BCUT2D eigenvalue weighted by Crippen LogP contribution is -2.38. The maximum atomic E-state index is 14.6. The van der Waals surface area contributed by atoms with Crippen molar-refractivity contribution in [2.24, 2.45) is 0 Å². The molecule has 0 bridgehead atoms. The summed E-state index contributed by atoms with van der Waals surface area (Å²) in [5.74, 6) is 1.26. The van der Waals surface area contributed by atoms with Crippen molar-refractivity contribution in [2.75, 3.05) is 24.6 Å². The van der Waals surface area contributed by atoms with E-state index in [4.69, 9.17) is 4.74 Å². The number of hydrogen-bond acceptors (Lipinski definition) is 5. The first-order valence-electron chi connectivity index (χ1n) is 9.10. The Kier molecular flexibility index (Phi) is 6.10. The number of rotatable bonds is 5. The maximum absolute atomic E-state index is 14.6. The van der Waals surface area contributed by atoms with Crippen LogP contribution in [0.1, 0.15) is 16.1 Å². The first-order chi connectivity index (χ1) is 14.1. The number of amides is 1. The summed E-state index contributed by atoms with van der Waals surface area (Å²) in [6.07, 6.45) is 0. The fraction of sp³-hybridized carbons (Fsp3) is 0.238. The molecule has 2 heterocycles. The Morgan fingerprint density at radius 2 is 1.97 bits per heavy atom. The van der Waals surface area contributed by atoms with Gasteiger partial charge in [0.2, 0.25) is 0 Å². The van der Waals surface area contributed by atoms with E-state index in [0.29, 0.717) is 40.7 Å². The van der Waals surface area contributed by atoms with E-state index in [1.807, 2.05) is 11.8 Å².